The van der Waals surface area contributed by atoms with E-state index in [9.17, 15) is 4.39 Å². The molecule has 0 saturated heterocycles. The highest BCUT2D eigenvalue weighted by atomic mass is 79.9. The fourth-order valence-corrected chi connectivity index (χ4v) is 3.48. The van der Waals surface area contributed by atoms with Gasteiger partial charge in [0.1, 0.15) is 24.0 Å². The molecule has 0 aliphatic heterocycles. The molecule has 6 heteroatoms. The van der Waals surface area contributed by atoms with Crippen LogP contribution in [-0.2, 0) is 6.61 Å². The fraction of sp³-hybridized carbons (Fsp3) is 0.0455. The molecule has 4 aromatic rings. The van der Waals surface area contributed by atoms with E-state index < -0.39 is 0 Å². The number of hydrogen-bond donors (Lipinski definition) is 1. The number of nitrogens with zero attached hydrogens (tertiary/aromatic N) is 1. The highest BCUT2D eigenvalue weighted by molar-refractivity contribution is 9.10. The summed E-state index contributed by atoms with van der Waals surface area (Å²) in [6, 6.07) is 19.7. The first kappa shape index (κ1) is 18.7. The molecule has 0 amide bonds. The van der Waals surface area contributed by atoms with Crippen LogP contribution in [0.25, 0.3) is 10.8 Å². The zero-order chi connectivity index (χ0) is 19.5. The lowest BCUT2D eigenvalue weighted by Crippen LogP contribution is -1.98. The van der Waals surface area contributed by atoms with E-state index in [0.717, 1.165) is 32.3 Å². The highest BCUT2D eigenvalue weighted by Crippen LogP contribution is 2.31. The standard InChI is InChI=1S/C22H15BrClFN2O/c23-16-4-6-19-15(11-16)8-9-26-22(19)27-18-5-7-21(20(24)12-18)28-13-14-2-1-3-17(25)10-14/h1-12H,13H2,(H,26,27). The number of aromatic nitrogens is 1. The predicted octanol–water partition coefficient (Wildman–Crippen LogP) is 7.11. The van der Waals surface area contributed by atoms with E-state index >= 15 is 0 Å². The van der Waals surface area contributed by atoms with E-state index in [1.54, 1.807) is 30.5 Å². The van der Waals surface area contributed by atoms with Crippen molar-refractivity contribution >= 4 is 49.8 Å². The molecule has 3 aromatic carbocycles. The third-order valence-corrected chi connectivity index (χ3v) is 4.99. The quantitative estimate of drug-likeness (QED) is 0.347. The SMILES string of the molecule is Fc1cccc(COc2ccc(Nc3nccc4cc(Br)ccc34)cc2Cl)c1. The largest absolute Gasteiger partial charge is 0.487 e. The lowest BCUT2D eigenvalue weighted by molar-refractivity contribution is 0.306. The van der Waals surface area contributed by atoms with Crippen LogP contribution >= 0.6 is 27.5 Å². The summed E-state index contributed by atoms with van der Waals surface area (Å²) in [7, 11) is 0. The summed E-state index contributed by atoms with van der Waals surface area (Å²) < 4.78 is 20.0. The Bertz CT molecular complexity index is 1150. The van der Waals surface area contributed by atoms with Crippen LogP contribution in [0.5, 0.6) is 5.75 Å². The Morgan fingerprint density at radius 2 is 1.93 bits per heavy atom. The number of ether oxygens (including phenoxy) is 1. The fourth-order valence-electron chi connectivity index (χ4n) is 2.87. The monoisotopic (exact) mass is 456 g/mol. The topological polar surface area (TPSA) is 34.1 Å². The summed E-state index contributed by atoms with van der Waals surface area (Å²) in [4.78, 5) is 4.43. The molecule has 28 heavy (non-hydrogen) atoms. The maximum atomic E-state index is 13.3. The van der Waals surface area contributed by atoms with E-state index in [1.807, 2.05) is 30.3 Å². The average molecular weight is 458 g/mol. The van der Waals surface area contributed by atoms with Crippen LogP contribution in [0.2, 0.25) is 5.02 Å². The van der Waals surface area contributed by atoms with E-state index in [4.69, 9.17) is 16.3 Å². The van der Waals surface area contributed by atoms with Crippen LogP contribution < -0.4 is 10.1 Å². The van der Waals surface area contributed by atoms with Crippen LogP contribution in [0.3, 0.4) is 0 Å². The van der Waals surface area contributed by atoms with Crippen molar-refractivity contribution in [3.8, 4) is 5.75 Å². The molecule has 0 bridgehead atoms. The zero-order valence-electron chi connectivity index (χ0n) is 14.6. The molecule has 140 valence electrons. The van der Waals surface area contributed by atoms with Crippen LogP contribution in [-0.4, -0.2) is 4.98 Å². The smallest absolute Gasteiger partial charge is 0.138 e. The first-order valence-electron chi connectivity index (χ1n) is 8.56. The highest BCUT2D eigenvalue weighted by Gasteiger charge is 2.07. The second-order valence-corrected chi connectivity index (χ2v) is 7.54. The molecule has 0 aliphatic carbocycles. The molecule has 1 N–H and O–H groups in total. The lowest BCUT2D eigenvalue weighted by Gasteiger charge is -2.12. The minimum absolute atomic E-state index is 0.240. The maximum absolute atomic E-state index is 13.3. The first-order chi connectivity index (χ1) is 13.6. The van der Waals surface area contributed by atoms with Crippen LogP contribution in [0.4, 0.5) is 15.9 Å². The molecule has 1 aromatic heterocycles. The van der Waals surface area contributed by atoms with Gasteiger partial charge in [-0.25, -0.2) is 9.37 Å². The van der Waals surface area contributed by atoms with E-state index in [2.05, 4.69) is 26.2 Å². The Balaban J connectivity index is 1.52. The number of pyridine rings is 1. The van der Waals surface area contributed by atoms with E-state index in [-0.39, 0.29) is 12.4 Å². The molecule has 4 rings (SSSR count). The number of benzene rings is 3. The van der Waals surface area contributed by atoms with Crippen LogP contribution in [0, 0.1) is 5.82 Å². The van der Waals surface area contributed by atoms with Crippen molar-refractivity contribution in [2.75, 3.05) is 5.32 Å². The summed E-state index contributed by atoms with van der Waals surface area (Å²) in [5.74, 6) is 0.988. The molecule has 3 nitrogen and oxygen atoms in total. The third-order valence-electron chi connectivity index (χ3n) is 4.20. The maximum Gasteiger partial charge on any atom is 0.138 e. The van der Waals surface area contributed by atoms with Gasteiger partial charge in [0, 0.05) is 21.7 Å². The lowest BCUT2D eigenvalue weighted by atomic mass is 10.1. The van der Waals surface area contributed by atoms with Crippen molar-refractivity contribution in [1.29, 1.82) is 0 Å². The van der Waals surface area contributed by atoms with Gasteiger partial charge < -0.3 is 10.1 Å². The molecule has 0 spiro atoms. The molecule has 0 fully saturated rings. The number of fused-ring (bicyclic) bond motifs is 1. The first-order valence-corrected chi connectivity index (χ1v) is 9.74. The van der Waals surface area contributed by atoms with Crippen molar-refractivity contribution in [3.63, 3.8) is 0 Å². The Morgan fingerprint density at radius 1 is 1.04 bits per heavy atom. The molecule has 0 saturated carbocycles. The second-order valence-electron chi connectivity index (χ2n) is 6.21. The van der Waals surface area contributed by atoms with E-state index in [1.165, 1.54) is 12.1 Å². The van der Waals surface area contributed by atoms with Gasteiger partial charge >= 0.3 is 0 Å². The summed E-state index contributed by atoms with van der Waals surface area (Å²) in [6.45, 7) is 0.240. The van der Waals surface area contributed by atoms with Gasteiger partial charge in [-0.15, -0.1) is 0 Å². The molecule has 0 aliphatic rings. The second kappa shape index (κ2) is 8.17. The summed E-state index contributed by atoms with van der Waals surface area (Å²) in [5, 5.41) is 5.85. The van der Waals surface area contributed by atoms with Gasteiger partial charge in [0.15, 0.2) is 0 Å². The molecular weight excluding hydrogens is 443 g/mol. The molecule has 0 radical (unpaired) electrons. The van der Waals surface area contributed by atoms with Crippen molar-refractivity contribution in [2.45, 2.75) is 6.61 Å². The molecular formula is C22H15BrClFN2O. The molecule has 1 heterocycles. The summed E-state index contributed by atoms with van der Waals surface area (Å²) in [5.41, 5.74) is 1.54. The van der Waals surface area contributed by atoms with Crippen molar-refractivity contribution in [1.82, 2.24) is 4.98 Å². The summed E-state index contributed by atoms with van der Waals surface area (Å²) >= 11 is 9.85. The van der Waals surface area contributed by atoms with Gasteiger partial charge in [-0.2, -0.15) is 0 Å². The van der Waals surface area contributed by atoms with E-state index in [0.29, 0.717) is 10.8 Å². The van der Waals surface area contributed by atoms with Gasteiger partial charge in [0.2, 0.25) is 0 Å². The minimum Gasteiger partial charge on any atom is -0.487 e. The van der Waals surface area contributed by atoms with Gasteiger partial charge in [0.05, 0.1) is 5.02 Å². The van der Waals surface area contributed by atoms with Crippen molar-refractivity contribution < 1.29 is 9.13 Å². The number of halogens is 3. The molecule has 0 unspecified atom stereocenters. The minimum atomic E-state index is -0.290. The number of anilines is 2. The Kier molecular flexibility index (Phi) is 5.46. The number of hydrogen-bond acceptors (Lipinski definition) is 3. The normalized spacial score (nSPS) is 10.8. The Labute approximate surface area is 175 Å². The molecule has 0 atom stereocenters. The number of nitrogens with one attached hydrogen (secondary N) is 1. The van der Waals surface area contributed by atoms with Gasteiger partial charge in [0.25, 0.3) is 0 Å². The summed E-state index contributed by atoms with van der Waals surface area (Å²) in [6.07, 6.45) is 1.76. The number of rotatable bonds is 5. The van der Waals surface area contributed by atoms with Crippen molar-refractivity contribution in [2.24, 2.45) is 0 Å². The van der Waals surface area contributed by atoms with Crippen LogP contribution in [0.1, 0.15) is 5.56 Å². The van der Waals surface area contributed by atoms with Crippen LogP contribution in [0.15, 0.2) is 77.4 Å². The Hall–Kier alpha value is -2.63. The predicted molar refractivity (Wildman–Crippen MR) is 115 cm³/mol. The van der Waals surface area contributed by atoms with Crippen molar-refractivity contribution in [3.05, 3.63) is 93.8 Å². The van der Waals surface area contributed by atoms with Gasteiger partial charge in [-0.3, -0.25) is 0 Å². The third kappa shape index (κ3) is 4.26. The van der Waals surface area contributed by atoms with Gasteiger partial charge in [-0.05, 0) is 65.5 Å². The zero-order valence-corrected chi connectivity index (χ0v) is 17.0. The average Bonchev–Trinajstić information content (AvgIpc) is 2.67. The van der Waals surface area contributed by atoms with Gasteiger partial charge in [-0.1, -0.05) is 39.7 Å². The Morgan fingerprint density at radius 3 is 2.75 bits per heavy atom.